The van der Waals surface area contributed by atoms with Gasteiger partial charge in [0.15, 0.2) is 0 Å². The van der Waals surface area contributed by atoms with Crippen LogP contribution in [0.3, 0.4) is 0 Å². The van der Waals surface area contributed by atoms with Gasteiger partial charge in [-0.15, -0.1) is 0 Å². The lowest BCUT2D eigenvalue weighted by Gasteiger charge is -2.36. The topological polar surface area (TPSA) is 32.3 Å². The second-order valence-corrected chi connectivity index (χ2v) is 4.86. The molecule has 1 saturated heterocycles. The van der Waals surface area contributed by atoms with Crippen LogP contribution in [0.1, 0.15) is 19.8 Å². The van der Waals surface area contributed by atoms with Crippen molar-refractivity contribution < 1.29 is 0 Å². The third-order valence-corrected chi connectivity index (χ3v) is 3.74. The van der Waals surface area contributed by atoms with Crippen molar-refractivity contribution in [2.24, 2.45) is 0 Å². The van der Waals surface area contributed by atoms with Crippen molar-refractivity contribution in [3.8, 4) is 0 Å². The highest BCUT2D eigenvalue weighted by molar-refractivity contribution is 6.29. The highest BCUT2D eigenvalue weighted by atomic mass is 35.5. The molecule has 0 aromatic carbocycles. The van der Waals surface area contributed by atoms with E-state index in [1.54, 1.807) is 0 Å². The summed E-state index contributed by atoms with van der Waals surface area (Å²) in [5.74, 6) is 0.917. The zero-order valence-electron chi connectivity index (χ0n) is 10.4. The normalized spacial score (nSPS) is 18.3. The van der Waals surface area contributed by atoms with Crippen LogP contribution in [0.4, 0.5) is 5.82 Å². The first-order valence-electron chi connectivity index (χ1n) is 6.13. The summed E-state index contributed by atoms with van der Waals surface area (Å²) in [7, 11) is 2.09. The molecule has 1 fully saturated rings. The minimum absolute atomic E-state index is 0.507. The Hall–Kier alpha value is -0.870. The molecule has 2 rings (SSSR count). The molecule has 0 spiro atoms. The summed E-state index contributed by atoms with van der Waals surface area (Å²) in [6.07, 6.45) is 3.90. The molecule has 0 atom stereocenters. The van der Waals surface area contributed by atoms with E-state index >= 15 is 0 Å². The Balaban J connectivity index is 1.99. The number of rotatable bonds is 3. The Morgan fingerprint density at radius 3 is 2.71 bits per heavy atom. The van der Waals surface area contributed by atoms with Crippen molar-refractivity contribution in [3.05, 3.63) is 17.5 Å². The van der Waals surface area contributed by atoms with Crippen LogP contribution in [0.2, 0.25) is 5.15 Å². The summed E-state index contributed by atoms with van der Waals surface area (Å²) in [5.41, 5.74) is 0. The van der Waals surface area contributed by atoms with Gasteiger partial charge in [-0.05, 0) is 19.4 Å². The van der Waals surface area contributed by atoms with E-state index in [4.69, 9.17) is 11.6 Å². The maximum Gasteiger partial charge on any atom is 0.134 e. The molecule has 1 aliphatic rings. The van der Waals surface area contributed by atoms with Crippen LogP contribution in [0.25, 0.3) is 0 Å². The van der Waals surface area contributed by atoms with E-state index in [9.17, 15) is 0 Å². The van der Waals surface area contributed by atoms with Crippen LogP contribution < -0.4 is 4.90 Å². The quantitative estimate of drug-likeness (QED) is 0.773. The molecular weight excluding hydrogens is 236 g/mol. The molecule has 5 heteroatoms. The fraction of sp³-hybridized carbons (Fsp3) is 0.667. The second-order valence-electron chi connectivity index (χ2n) is 4.48. The van der Waals surface area contributed by atoms with E-state index in [1.165, 1.54) is 32.3 Å². The second kappa shape index (κ2) is 5.65. The van der Waals surface area contributed by atoms with E-state index in [0.29, 0.717) is 11.2 Å². The van der Waals surface area contributed by atoms with Crippen LogP contribution in [0.5, 0.6) is 0 Å². The Bertz CT molecular complexity index is 363. The fourth-order valence-corrected chi connectivity index (χ4v) is 2.47. The standard InChI is InChI=1S/C12H19ClN4/c1-3-17-6-4-10(5-7-17)16(2)12-8-11(13)14-9-15-12/h8-10H,3-7H2,1-2H3. The number of aromatic nitrogens is 2. The number of halogens is 1. The van der Waals surface area contributed by atoms with Gasteiger partial charge in [-0.2, -0.15) is 0 Å². The first kappa shape index (κ1) is 12.6. The molecule has 0 aliphatic carbocycles. The lowest BCUT2D eigenvalue weighted by Crippen LogP contribution is -2.43. The molecule has 94 valence electrons. The van der Waals surface area contributed by atoms with Gasteiger partial charge in [-0.3, -0.25) is 0 Å². The lowest BCUT2D eigenvalue weighted by molar-refractivity contribution is 0.220. The van der Waals surface area contributed by atoms with Crippen molar-refractivity contribution in [2.45, 2.75) is 25.8 Å². The smallest absolute Gasteiger partial charge is 0.134 e. The van der Waals surface area contributed by atoms with Gasteiger partial charge in [0.2, 0.25) is 0 Å². The first-order valence-corrected chi connectivity index (χ1v) is 6.51. The van der Waals surface area contributed by atoms with Crippen molar-refractivity contribution >= 4 is 17.4 Å². The zero-order chi connectivity index (χ0) is 12.3. The van der Waals surface area contributed by atoms with E-state index in [1.807, 2.05) is 6.07 Å². The lowest BCUT2D eigenvalue weighted by atomic mass is 10.0. The molecule has 0 saturated carbocycles. The van der Waals surface area contributed by atoms with Gasteiger partial charge in [-0.25, -0.2) is 9.97 Å². The van der Waals surface area contributed by atoms with E-state index in [-0.39, 0.29) is 0 Å². The van der Waals surface area contributed by atoms with Gasteiger partial charge >= 0.3 is 0 Å². The molecule has 1 aromatic rings. The average Bonchev–Trinajstić information content (AvgIpc) is 2.38. The van der Waals surface area contributed by atoms with Gasteiger partial charge in [-0.1, -0.05) is 18.5 Å². The highest BCUT2D eigenvalue weighted by Gasteiger charge is 2.22. The minimum atomic E-state index is 0.507. The van der Waals surface area contributed by atoms with E-state index in [2.05, 4.69) is 33.7 Å². The Labute approximate surface area is 108 Å². The number of hydrogen-bond acceptors (Lipinski definition) is 4. The van der Waals surface area contributed by atoms with Crippen LogP contribution in [-0.4, -0.2) is 47.6 Å². The first-order chi connectivity index (χ1) is 8.20. The van der Waals surface area contributed by atoms with Crippen molar-refractivity contribution in [2.75, 3.05) is 31.6 Å². The molecule has 0 N–H and O–H groups in total. The SMILES string of the molecule is CCN1CCC(N(C)c2cc(Cl)ncn2)CC1. The highest BCUT2D eigenvalue weighted by Crippen LogP contribution is 2.21. The predicted molar refractivity (Wildman–Crippen MR) is 70.6 cm³/mol. The molecule has 1 aromatic heterocycles. The molecule has 0 radical (unpaired) electrons. The molecular formula is C12H19ClN4. The largest absolute Gasteiger partial charge is 0.356 e. The summed E-state index contributed by atoms with van der Waals surface area (Å²) >= 11 is 5.89. The number of nitrogens with zero attached hydrogens (tertiary/aromatic N) is 4. The van der Waals surface area contributed by atoms with E-state index in [0.717, 1.165) is 12.4 Å². The van der Waals surface area contributed by atoms with Gasteiger partial charge in [0, 0.05) is 32.2 Å². The van der Waals surface area contributed by atoms with E-state index < -0.39 is 0 Å². The third-order valence-electron chi connectivity index (χ3n) is 3.53. The maximum atomic E-state index is 5.89. The molecule has 17 heavy (non-hydrogen) atoms. The molecule has 0 amide bonds. The Morgan fingerprint density at radius 2 is 2.12 bits per heavy atom. The van der Waals surface area contributed by atoms with Crippen molar-refractivity contribution in [3.63, 3.8) is 0 Å². The van der Waals surface area contributed by atoms with Crippen LogP contribution in [0, 0.1) is 0 Å². The number of hydrogen-bond donors (Lipinski definition) is 0. The molecule has 0 unspecified atom stereocenters. The average molecular weight is 255 g/mol. The van der Waals surface area contributed by atoms with Gasteiger partial charge < -0.3 is 9.80 Å². The van der Waals surface area contributed by atoms with Gasteiger partial charge in [0.1, 0.15) is 17.3 Å². The number of likely N-dealkylation sites (tertiary alicyclic amines) is 1. The van der Waals surface area contributed by atoms with Crippen LogP contribution in [0.15, 0.2) is 12.4 Å². The number of anilines is 1. The Kier molecular flexibility index (Phi) is 4.18. The van der Waals surface area contributed by atoms with Gasteiger partial charge in [0.05, 0.1) is 0 Å². The minimum Gasteiger partial charge on any atom is -0.356 e. The monoisotopic (exact) mass is 254 g/mol. The summed E-state index contributed by atoms with van der Waals surface area (Å²) in [6.45, 7) is 5.71. The van der Waals surface area contributed by atoms with Crippen molar-refractivity contribution in [1.29, 1.82) is 0 Å². The zero-order valence-corrected chi connectivity index (χ0v) is 11.2. The van der Waals surface area contributed by atoms with Crippen LogP contribution in [-0.2, 0) is 0 Å². The summed E-state index contributed by atoms with van der Waals surface area (Å²) in [5, 5.41) is 0.507. The summed E-state index contributed by atoms with van der Waals surface area (Å²) in [6, 6.07) is 2.39. The molecule has 1 aliphatic heterocycles. The summed E-state index contributed by atoms with van der Waals surface area (Å²) in [4.78, 5) is 12.9. The fourth-order valence-electron chi connectivity index (χ4n) is 2.33. The van der Waals surface area contributed by atoms with Crippen LogP contribution >= 0.6 is 11.6 Å². The van der Waals surface area contributed by atoms with Crippen molar-refractivity contribution in [1.82, 2.24) is 14.9 Å². The maximum absolute atomic E-state index is 5.89. The third kappa shape index (κ3) is 3.07. The molecule has 2 heterocycles. The predicted octanol–water partition coefficient (Wildman–Crippen LogP) is 2.05. The molecule has 0 bridgehead atoms. The molecule has 4 nitrogen and oxygen atoms in total. The Morgan fingerprint density at radius 1 is 1.41 bits per heavy atom. The summed E-state index contributed by atoms with van der Waals surface area (Å²) < 4.78 is 0. The number of piperidine rings is 1. The van der Waals surface area contributed by atoms with Gasteiger partial charge in [0.25, 0.3) is 0 Å².